The molecule has 1 aromatic carbocycles. The molecule has 0 aromatic heterocycles. The minimum absolute atomic E-state index is 0.0121. The van der Waals surface area contributed by atoms with Gasteiger partial charge in [0.2, 0.25) is 5.91 Å². The Balaban J connectivity index is 2.69. The number of rotatable bonds is 9. The fraction of sp³-hybridized carbons (Fsp3) is 0.565. The summed E-state index contributed by atoms with van der Waals surface area (Å²) in [5, 5.41) is 0. The number of para-hydroxylation sites is 1. The summed E-state index contributed by atoms with van der Waals surface area (Å²) in [6.45, 7) is 3.77. The standard InChI is InChI=1S/C23H32N2O6/c1-5-19(26)17(2)21(28)25(18-9-7-6-8-10-18)23(22(29)31-4)12-15-24(16-13-23)14-11-20(27)30-3/h6-10,17H,5,11-16H2,1-4H3/i6D,7D,8D,9D,10D. The minimum atomic E-state index is -1.73. The Morgan fingerprint density at radius 2 is 1.74 bits per heavy atom. The number of anilines is 1. The highest BCUT2D eigenvalue weighted by atomic mass is 16.5. The van der Waals surface area contributed by atoms with E-state index in [2.05, 4.69) is 4.74 Å². The van der Waals surface area contributed by atoms with Gasteiger partial charge in [0.05, 0.1) is 33.4 Å². The lowest BCUT2D eigenvalue weighted by Crippen LogP contribution is -2.64. The van der Waals surface area contributed by atoms with Gasteiger partial charge in [-0.25, -0.2) is 4.79 Å². The second-order valence-corrected chi connectivity index (χ2v) is 7.38. The summed E-state index contributed by atoms with van der Waals surface area (Å²) < 4.78 is 50.8. The lowest BCUT2D eigenvalue weighted by Gasteiger charge is -2.47. The molecule has 170 valence electrons. The van der Waals surface area contributed by atoms with Crippen molar-refractivity contribution in [2.45, 2.75) is 45.1 Å². The molecule has 1 fully saturated rings. The third-order valence-corrected chi connectivity index (χ3v) is 5.67. The molecule has 1 heterocycles. The first kappa shape index (κ1) is 17.9. The van der Waals surface area contributed by atoms with Gasteiger partial charge in [-0.1, -0.05) is 25.1 Å². The predicted octanol–water partition coefficient (Wildman–Crippen LogP) is 2.21. The van der Waals surface area contributed by atoms with E-state index in [4.69, 9.17) is 11.6 Å². The molecule has 31 heavy (non-hydrogen) atoms. The highest BCUT2D eigenvalue weighted by Gasteiger charge is 2.51. The molecule has 1 aliphatic heterocycles. The van der Waals surface area contributed by atoms with Crippen LogP contribution in [0.4, 0.5) is 5.69 Å². The highest BCUT2D eigenvalue weighted by molar-refractivity contribution is 6.11. The van der Waals surface area contributed by atoms with E-state index in [-0.39, 0.29) is 38.8 Å². The third kappa shape index (κ3) is 5.50. The summed E-state index contributed by atoms with van der Waals surface area (Å²) in [5.41, 5.74) is -2.21. The highest BCUT2D eigenvalue weighted by Crippen LogP contribution is 2.36. The Morgan fingerprint density at radius 3 is 2.26 bits per heavy atom. The van der Waals surface area contributed by atoms with E-state index in [1.54, 1.807) is 6.92 Å². The lowest BCUT2D eigenvalue weighted by atomic mass is 9.83. The molecule has 1 atom stereocenters. The Morgan fingerprint density at radius 1 is 1.13 bits per heavy atom. The van der Waals surface area contributed by atoms with Crippen molar-refractivity contribution in [3.8, 4) is 0 Å². The van der Waals surface area contributed by atoms with E-state index in [1.807, 2.05) is 4.90 Å². The summed E-state index contributed by atoms with van der Waals surface area (Å²) in [5.74, 6) is -3.73. The number of Topliss-reactive ketones (excluding diaryl/α,β-unsaturated/α-hetero) is 1. The molecule has 8 heteroatoms. The first-order valence-electron chi connectivity index (χ1n) is 12.7. The monoisotopic (exact) mass is 437 g/mol. The average molecular weight is 438 g/mol. The van der Waals surface area contributed by atoms with E-state index in [9.17, 15) is 19.2 Å². The van der Waals surface area contributed by atoms with Crippen LogP contribution in [0.2, 0.25) is 0 Å². The molecular weight excluding hydrogens is 400 g/mol. The molecule has 0 bridgehead atoms. The van der Waals surface area contributed by atoms with Crippen LogP contribution in [-0.4, -0.2) is 67.9 Å². The normalized spacial score (nSPS) is 19.0. The van der Waals surface area contributed by atoms with Gasteiger partial charge in [-0.2, -0.15) is 0 Å². The van der Waals surface area contributed by atoms with Crippen molar-refractivity contribution in [2.75, 3.05) is 38.8 Å². The fourth-order valence-electron chi connectivity index (χ4n) is 3.73. The topological polar surface area (TPSA) is 93.2 Å². The number of hydrogen-bond acceptors (Lipinski definition) is 7. The molecule has 0 aliphatic carbocycles. The Labute approximate surface area is 190 Å². The maximum Gasteiger partial charge on any atom is 0.332 e. The van der Waals surface area contributed by atoms with Gasteiger partial charge in [-0.3, -0.25) is 19.3 Å². The summed E-state index contributed by atoms with van der Waals surface area (Å²) in [4.78, 5) is 53.9. The molecule has 0 saturated carbocycles. The van der Waals surface area contributed by atoms with E-state index in [0.29, 0.717) is 6.54 Å². The van der Waals surface area contributed by atoms with Crippen molar-refractivity contribution in [2.24, 2.45) is 5.92 Å². The number of carbonyl (C=O) groups is 4. The van der Waals surface area contributed by atoms with E-state index < -0.39 is 71.0 Å². The van der Waals surface area contributed by atoms with Crippen LogP contribution in [0.3, 0.4) is 0 Å². The van der Waals surface area contributed by atoms with Gasteiger partial charge in [0, 0.05) is 31.7 Å². The SMILES string of the molecule is [2H]c1c([2H])c([2H])c(N(C(=O)C(C)C(=O)CC)C2(C(=O)OC)CCN(CCC(=O)OC)CC2)c([2H])c1[2H]. The molecular formula is C23H32N2O6. The van der Waals surface area contributed by atoms with Crippen molar-refractivity contribution in [1.29, 1.82) is 0 Å². The second kappa shape index (κ2) is 11.0. The number of likely N-dealkylation sites (tertiary alicyclic amines) is 1. The molecule has 1 aromatic rings. The van der Waals surface area contributed by atoms with Gasteiger partial charge in [0.15, 0.2) is 0 Å². The smallest absolute Gasteiger partial charge is 0.332 e. The van der Waals surface area contributed by atoms with Gasteiger partial charge in [0.25, 0.3) is 0 Å². The molecule has 2 rings (SSSR count). The van der Waals surface area contributed by atoms with Crippen molar-refractivity contribution < 1.29 is 35.5 Å². The largest absolute Gasteiger partial charge is 0.469 e. The molecule has 1 aliphatic rings. The Bertz CT molecular complexity index is 1010. The van der Waals surface area contributed by atoms with Gasteiger partial charge in [-0.15, -0.1) is 0 Å². The quantitative estimate of drug-likeness (QED) is 0.432. The molecule has 0 N–H and O–H groups in total. The Hall–Kier alpha value is -2.74. The first-order valence-corrected chi connectivity index (χ1v) is 10.2. The van der Waals surface area contributed by atoms with Crippen LogP contribution in [0, 0.1) is 5.92 Å². The number of benzene rings is 1. The van der Waals surface area contributed by atoms with Crippen molar-refractivity contribution >= 4 is 29.3 Å². The minimum Gasteiger partial charge on any atom is -0.469 e. The summed E-state index contributed by atoms with van der Waals surface area (Å²) in [7, 11) is 2.42. The fourth-order valence-corrected chi connectivity index (χ4v) is 3.73. The predicted molar refractivity (Wildman–Crippen MR) is 115 cm³/mol. The van der Waals surface area contributed by atoms with Gasteiger partial charge in [-0.05, 0) is 31.9 Å². The second-order valence-electron chi connectivity index (χ2n) is 7.38. The molecule has 1 amide bonds. The summed E-state index contributed by atoms with van der Waals surface area (Å²) in [6.07, 6.45) is 0.132. The van der Waals surface area contributed by atoms with E-state index in [1.165, 1.54) is 14.0 Å². The van der Waals surface area contributed by atoms with Gasteiger partial charge >= 0.3 is 11.9 Å². The molecule has 0 spiro atoms. The number of ketones is 1. The number of carbonyl (C=O) groups excluding carboxylic acids is 4. The van der Waals surface area contributed by atoms with Crippen LogP contribution in [0.1, 0.15) is 46.4 Å². The van der Waals surface area contributed by atoms with Crippen molar-refractivity contribution in [3.05, 3.63) is 30.2 Å². The number of ether oxygens (including phenoxy) is 2. The van der Waals surface area contributed by atoms with E-state index >= 15 is 0 Å². The maximum atomic E-state index is 13.8. The van der Waals surface area contributed by atoms with E-state index in [0.717, 1.165) is 12.0 Å². The van der Waals surface area contributed by atoms with Crippen LogP contribution >= 0.6 is 0 Å². The molecule has 1 saturated heterocycles. The van der Waals surface area contributed by atoms with Crippen molar-refractivity contribution in [1.82, 2.24) is 4.90 Å². The number of esters is 2. The van der Waals surface area contributed by atoms with Crippen LogP contribution in [0.25, 0.3) is 0 Å². The summed E-state index contributed by atoms with van der Waals surface area (Å²) in [6, 6.07) is -3.32. The zero-order chi connectivity index (χ0) is 27.4. The zero-order valence-corrected chi connectivity index (χ0v) is 18.4. The van der Waals surface area contributed by atoms with Gasteiger partial charge in [0.1, 0.15) is 11.3 Å². The lowest BCUT2D eigenvalue weighted by molar-refractivity contribution is -0.152. The first-order chi connectivity index (χ1) is 16.9. The molecule has 1 unspecified atom stereocenters. The number of nitrogens with zero attached hydrogens (tertiary/aromatic N) is 2. The van der Waals surface area contributed by atoms with Crippen LogP contribution < -0.4 is 4.90 Å². The maximum absolute atomic E-state index is 13.8. The van der Waals surface area contributed by atoms with Gasteiger partial charge < -0.3 is 14.4 Å². The van der Waals surface area contributed by atoms with Crippen molar-refractivity contribution in [3.63, 3.8) is 0 Å². The van der Waals surface area contributed by atoms with Crippen LogP contribution in [0.15, 0.2) is 30.2 Å². The number of piperidine rings is 1. The number of hydrogen-bond donors (Lipinski definition) is 0. The molecule has 0 radical (unpaired) electrons. The number of methoxy groups -OCH3 is 2. The zero-order valence-electron chi connectivity index (χ0n) is 23.4. The molecule has 8 nitrogen and oxygen atoms in total. The third-order valence-electron chi connectivity index (χ3n) is 5.67. The average Bonchev–Trinajstić information content (AvgIpc) is 2.90. The summed E-state index contributed by atoms with van der Waals surface area (Å²) >= 11 is 0. The van der Waals surface area contributed by atoms with Crippen LogP contribution in [-0.2, 0) is 28.7 Å². The van der Waals surface area contributed by atoms with Crippen LogP contribution in [0.5, 0.6) is 0 Å². The number of amides is 1. The Kier molecular flexibility index (Phi) is 6.37.